The average molecular weight is 192 g/mol. The highest BCUT2D eigenvalue weighted by Gasteiger charge is 2.33. The molecule has 0 amide bonds. The molecule has 76 valence electrons. The van der Waals surface area contributed by atoms with E-state index in [4.69, 9.17) is 0 Å². The number of aryl methyl sites for hydroxylation is 1. The third-order valence-corrected chi connectivity index (χ3v) is 2.80. The monoisotopic (exact) mass is 192 g/mol. The summed E-state index contributed by atoms with van der Waals surface area (Å²) in [5.41, 5.74) is 0.703. The fourth-order valence-corrected chi connectivity index (χ4v) is 1.65. The van der Waals surface area contributed by atoms with Gasteiger partial charge in [-0.05, 0) is 43.9 Å². The van der Waals surface area contributed by atoms with Crippen LogP contribution in [0.3, 0.4) is 0 Å². The van der Waals surface area contributed by atoms with Gasteiger partial charge in [0.2, 0.25) is 0 Å². The maximum absolute atomic E-state index is 9.85. The van der Waals surface area contributed by atoms with E-state index in [0.717, 1.165) is 25.1 Å². The summed E-state index contributed by atoms with van der Waals surface area (Å²) in [4.78, 5) is 4.18. The number of anilines is 1. The van der Waals surface area contributed by atoms with Crippen molar-refractivity contribution in [1.82, 2.24) is 4.98 Å². The van der Waals surface area contributed by atoms with Crippen molar-refractivity contribution in [2.45, 2.75) is 31.8 Å². The predicted molar refractivity (Wildman–Crippen MR) is 56.3 cm³/mol. The Bertz CT molecular complexity index is 321. The van der Waals surface area contributed by atoms with Gasteiger partial charge in [0.1, 0.15) is 5.82 Å². The molecule has 1 saturated carbocycles. The predicted octanol–water partition coefficient (Wildman–Crippen LogP) is 1.72. The summed E-state index contributed by atoms with van der Waals surface area (Å²) >= 11 is 0. The molecule has 0 aromatic carbocycles. The zero-order valence-corrected chi connectivity index (χ0v) is 8.45. The normalized spacial score (nSPS) is 18.7. The van der Waals surface area contributed by atoms with Gasteiger partial charge >= 0.3 is 0 Å². The van der Waals surface area contributed by atoms with Crippen LogP contribution in [0.25, 0.3) is 0 Å². The molecule has 1 aromatic rings. The van der Waals surface area contributed by atoms with Crippen molar-refractivity contribution >= 4 is 5.82 Å². The standard InChI is InChI=1S/C11H16N2O/c1-9-3-6-12-10(7-9)13-8-11(14)4-2-5-11/h3,6-7,14H,2,4-5,8H2,1H3,(H,12,13). The highest BCUT2D eigenvalue weighted by Crippen LogP contribution is 2.31. The van der Waals surface area contributed by atoms with Gasteiger partial charge in [-0.2, -0.15) is 0 Å². The van der Waals surface area contributed by atoms with Crippen LogP contribution in [0.15, 0.2) is 18.3 Å². The number of hydrogen-bond acceptors (Lipinski definition) is 3. The minimum Gasteiger partial charge on any atom is -0.388 e. The number of pyridine rings is 1. The Morgan fingerprint density at radius 2 is 2.36 bits per heavy atom. The fourth-order valence-electron chi connectivity index (χ4n) is 1.65. The Balaban J connectivity index is 1.91. The molecular formula is C11H16N2O. The number of hydrogen-bond donors (Lipinski definition) is 2. The van der Waals surface area contributed by atoms with Gasteiger partial charge in [-0.15, -0.1) is 0 Å². The third kappa shape index (κ3) is 2.04. The maximum Gasteiger partial charge on any atom is 0.126 e. The maximum atomic E-state index is 9.85. The summed E-state index contributed by atoms with van der Waals surface area (Å²) in [6, 6.07) is 3.95. The van der Waals surface area contributed by atoms with Gasteiger partial charge in [-0.3, -0.25) is 0 Å². The Morgan fingerprint density at radius 1 is 1.57 bits per heavy atom. The summed E-state index contributed by atoms with van der Waals surface area (Å²) in [6.45, 7) is 2.65. The van der Waals surface area contributed by atoms with Gasteiger partial charge < -0.3 is 10.4 Å². The van der Waals surface area contributed by atoms with Crippen molar-refractivity contribution in [3.05, 3.63) is 23.9 Å². The van der Waals surface area contributed by atoms with Crippen LogP contribution in [-0.4, -0.2) is 22.2 Å². The van der Waals surface area contributed by atoms with Crippen LogP contribution in [0, 0.1) is 6.92 Å². The zero-order chi connectivity index (χ0) is 10.0. The van der Waals surface area contributed by atoms with Crippen LogP contribution in [0.5, 0.6) is 0 Å². The number of nitrogens with zero attached hydrogens (tertiary/aromatic N) is 1. The Kier molecular flexibility index (Phi) is 2.42. The summed E-state index contributed by atoms with van der Waals surface area (Å²) in [5.74, 6) is 0.852. The van der Waals surface area contributed by atoms with Crippen molar-refractivity contribution in [3.8, 4) is 0 Å². The number of aliphatic hydroxyl groups is 1. The van der Waals surface area contributed by atoms with Crippen LogP contribution < -0.4 is 5.32 Å². The number of nitrogens with one attached hydrogen (secondary N) is 1. The van der Waals surface area contributed by atoms with Crippen molar-refractivity contribution in [2.24, 2.45) is 0 Å². The number of aromatic nitrogens is 1. The molecular weight excluding hydrogens is 176 g/mol. The average Bonchev–Trinajstić information content (AvgIpc) is 2.12. The minimum atomic E-state index is -0.481. The highest BCUT2D eigenvalue weighted by atomic mass is 16.3. The second-order valence-corrected chi connectivity index (χ2v) is 4.15. The zero-order valence-electron chi connectivity index (χ0n) is 8.45. The number of rotatable bonds is 3. The van der Waals surface area contributed by atoms with Crippen LogP contribution in [-0.2, 0) is 0 Å². The molecule has 1 heterocycles. The van der Waals surface area contributed by atoms with E-state index < -0.39 is 5.60 Å². The van der Waals surface area contributed by atoms with Gasteiger partial charge in [0.05, 0.1) is 5.60 Å². The van der Waals surface area contributed by atoms with E-state index in [-0.39, 0.29) is 0 Å². The van der Waals surface area contributed by atoms with Gasteiger partial charge in [0.25, 0.3) is 0 Å². The summed E-state index contributed by atoms with van der Waals surface area (Å²) in [5, 5.41) is 13.0. The van der Waals surface area contributed by atoms with Gasteiger partial charge in [0.15, 0.2) is 0 Å². The summed E-state index contributed by atoms with van der Waals surface area (Å²) < 4.78 is 0. The highest BCUT2D eigenvalue weighted by molar-refractivity contribution is 5.37. The largest absolute Gasteiger partial charge is 0.388 e. The topological polar surface area (TPSA) is 45.2 Å². The molecule has 3 nitrogen and oxygen atoms in total. The lowest BCUT2D eigenvalue weighted by atomic mass is 9.80. The second-order valence-electron chi connectivity index (χ2n) is 4.15. The van der Waals surface area contributed by atoms with Crippen molar-refractivity contribution in [2.75, 3.05) is 11.9 Å². The van der Waals surface area contributed by atoms with E-state index in [2.05, 4.69) is 10.3 Å². The minimum absolute atomic E-state index is 0.481. The lowest BCUT2D eigenvalue weighted by Gasteiger charge is -2.36. The molecule has 1 aromatic heterocycles. The molecule has 0 radical (unpaired) electrons. The first-order valence-corrected chi connectivity index (χ1v) is 5.07. The molecule has 1 aliphatic carbocycles. The van der Waals surface area contributed by atoms with Gasteiger partial charge in [0, 0.05) is 12.7 Å². The molecule has 0 unspecified atom stereocenters. The van der Waals surface area contributed by atoms with Crippen molar-refractivity contribution < 1.29 is 5.11 Å². The summed E-state index contributed by atoms with van der Waals surface area (Å²) in [6.07, 6.45) is 4.74. The molecule has 0 atom stereocenters. The lowest BCUT2D eigenvalue weighted by molar-refractivity contribution is -0.0202. The Hall–Kier alpha value is -1.09. The second kappa shape index (κ2) is 3.58. The molecule has 1 aliphatic rings. The van der Waals surface area contributed by atoms with Crippen LogP contribution in [0.1, 0.15) is 24.8 Å². The van der Waals surface area contributed by atoms with Crippen molar-refractivity contribution in [3.63, 3.8) is 0 Å². The van der Waals surface area contributed by atoms with E-state index in [9.17, 15) is 5.11 Å². The van der Waals surface area contributed by atoms with E-state index >= 15 is 0 Å². The van der Waals surface area contributed by atoms with Crippen LogP contribution >= 0.6 is 0 Å². The van der Waals surface area contributed by atoms with E-state index in [1.54, 1.807) is 6.20 Å². The van der Waals surface area contributed by atoms with E-state index in [1.807, 2.05) is 19.1 Å². The third-order valence-electron chi connectivity index (χ3n) is 2.80. The van der Waals surface area contributed by atoms with Gasteiger partial charge in [-0.1, -0.05) is 0 Å². The van der Waals surface area contributed by atoms with E-state index in [0.29, 0.717) is 6.54 Å². The quantitative estimate of drug-likeness (QED) is 0.766. The molecule has 0 aliphatic heterocycles. The first kappa shape index (κ1) is 9.46. The van der Waals surface area contributed by atoms with Crippen LogP contribution in [0.2, 0.25) is 0 Å². The smallest absolute Gasteiger partial charge is 0.126 e. The van der Waals surface area contributed by atoms with Gasteiger partial charge in [-0.25, -0.2) is 4.98 Å². The molecule has 0 saturated heterocycles. The van der Waals surface area contributed by atoms with Crippen molar-refractivity contribution in [1.29, 1.82) is 0 Å². The summed E-state index contributed by atoms with van der Waals surface area (Å²) in [7, 11) is 0. The molecule has 0 spiro atoms. The molecule has 2 rings (SSSR count). The molecule has 1 fully saturated rings. The SMILES string of the molecule is Cc1ccnc(NCC2(O)CCC2)c1. The first-order chi connectivity index (χ1) is 6.68. The molecule has 3 heteroatoms. The Morgan fingerprint density at radius 3 is 2.93 bits per heavy atom. The molecule has 2 N–H and O–H groups in total. The fraction of sp³-hybridized carbons (Fsp3) is 0.545. The Labute approximate surface area is 84.2 Å². The molecule has 0 bridgehead atoms. The first-order valence-electron chi connectivity index (χ1n) is 5.07. The lowest BCUT2D eigenvalue weighted by Crippen LogP contribution is -2.43. The van der Waals surface area contributed by atoms with E-state index in [1.165, 1.54) is 5.56 Å². The van der Waals surface area contributed by atoms with Crippen LogP contribution in [0.4, 0.5) is 5.82 Å². The molecule has 14 heavy (non-hydrogen) atoms.